The van der Waals surface area contributed by atoms with E-state index in [0.29, 0.717) is 55.1 Å². The van der Waals surface area contributed by atoms with Crippen LogP contribution in [0.3, 0.4) is 0 Å². The number of H-pyrrole nitrogens is 1. The van der Waals surface area contributed by atoms with Gasteiger partial charge >= 0.3 is 0 Å². The molecule has 0 saturated carbocycles. The molecule has 0 spiro atoms. The number of hydrogen-bond acceptors (Lipinski definition) is 7. The normalized spacial score (nSPS) is 15.3. The standard InChI is InChI=1S/C28H34N4O5S/c1-2-35-23-6-4-22(5-7-23)29-28(38)32(9-3-8-31-10-12-34-13-11-31)19-21-16-20-17-25-26(37-15-14-36-25)18-24(20)30-27(21)33/h4-7,16-18H,2-3,8-15,19H2,1H3,(H,29,38)(H,30,33). The number of aromatic nitrogens is 1. The molecule has 0 aliphatic carbocycles. The minimum Gasteiger partial charge on any atom is -0.494 e. The van der Waals surface area contributed by atoms with Gasteiger partial charge in [0.15, 0.2) is 16.6 Å². The van der Waals surface area contributed by atoms with Crippen molar-refractivity contribution in [3.05, 3.63) is 58.4 Å². The number of nitrogens with zero attached hydrogens (tertiary/aromatic N) is 2. The summed E-state index contributed by atoms with van der Waals surface area (Å²) >= 11 is 5.83. The average Bonchev–Trinajstić information content (AvgIpc) is 2.93. The summed E-state index contributed by atoms with van der Waals surface area (Å²) in [5.41, 5.74) is 2.08. The summed E-state index contributed by atoms with van der Waals surface area (Å²) in [6, 6.07) is 13.4. The van der Waals surface area contributed by atoms with E-state index in [2.05, 4.69) is 20.1 Å². The first kappa shape index (κ1) is 26.3. The number of ether oxygens (including phenoxy) is 4. The summed E-state index contributed by atoms with van der Waals surface area (Å²) in [5, 5.41) is 4.80. The van der Waals surface area contributed by atoms with Crippen molar-refractivity contribution in [1.29, 1.82) is 0 Å². The zero-order chi connectivity index (χ0) is 26.3. The van der Waals surface area contributed by atoms with Gasteiger partial charge in [0.2, 0.25) is 0 Å². The molecular weight excluding hydrogens is 504 g/mol. The van der Waals surface area contributed by atoms with E-state index in [-0.39, 0.29) is 5.56 Å². The zero-order valence-electron chi connectivity index (χ0n) is 21.7. The van der Waals surface area contributed by atoms with Crippen LogP contribution in [-0.4, -0.2) is 79.1 Å². The highest BCUT2D eigenvalue weighted by Crippen LogP contribution is 2.33. The Balaban J connectivity index is 1.33. The van der Waals surface area contributed by atoms with E-state index in [1.165, 1.54) is 0 Å². The van der Waals surface area contributed by atoms with Crippen molar-refractivity contribution in [3.8, 4) is 17.2 Å². The number of hydrogen-bond donors (Lipinski definition) is 2. The van der Waals surface area contributed by atoms with Crippen LogP contribution in [0.15, 0.2) is 47.3 Å². The molecule has 0 atom stereocenters. The molecule has 2 N–H and O–H groups in total. The van der Waals surface area contributed by atoms with E-state index in [1.54, 1.807) is 0 Å². The van der Waals surface area contributed by atoms with Gasteiger partial charge < -0.3 is 34.1 Å². The van der Waals surface area contributed by atoms with Gasteiger partial charge in [0, 0.05) is 48.9 Å². The van der Waals surface area contributed by atoms with Crippen molar-refractivity contribution in [2.24, 2.45) is 0 Å². The van der Waals surface area contributed by atoms with Crippen LogP contribution in [0.2, 0.25) is 0 Å². The molecular formula is C28H34N4O5S. The Hall–Kier alpha value is -3.34. The molecule has 0 unspecified atom stereocenters. The van der Waals surface area contributed by atoms with Crippen molar-refractivity contribution >= 4 is 33.9 Å². The molecule has 1 aromatic heterocycles. The third-order valence-electron chi connectivity index (χ3n) is 6.66. The molecule has 1 fully saturated rings. The van der Waals surface area contributed by atoms with Gasteiger partial charge in [-0.1, -0.05) is 0 Å². The quantitative estimate of drug-likeness (QED) is 0.397. The van der Waals surface area contributed by atoms with Gasteiger partial charge in [-0.15, -0.1) is 0 Å². The Labute approximate surface area is 227 Å². The van der Waals surface area contributed by atoms with E-state index in [0.717, 1.165) is 61.6 Å². The van der Waals surface area contributed by atoms with Crippen molar-refractivity contribution in [1.82, 2.24) is 14.8 Å². The minimum atomic E-state index is -0.142. The molecule has 202 valence electrons. The van der Waals surface area contributed by atoms with Crippen molar-refractivity contribution in [2.45, 2.75) is 19.9 Å². The second kappa shape index (κ2) is 12.5. The van der Waals surface area contributed by atoms with Gasteiger partial charge in [0.05, 0.1) is 31.9 Å². The average molecular weight is 539 g/mol. The number of pyridine rings is 1. The molecule has 0 radical (unpaired) electrons. The third-order valence-corrected chi connectivity index (χ3v) is 7.02. The maximum Gasteiger partial charge on any atom is 0.253 e. The third kappa shape index (κ3) is 6.56. The van der Waals surface area contributed by atoms with Crippen LogP contribution in [0.25, 0.3) is 10.9 Å². The Kier molecular flexibility index (Phi) is 8.62. The van der Waals surface area contributed by atoms with E-state index in [9.17, 15) is 4.79 Å². The summed E-state index contributed by atoms with van der Waals surface area (Å²) < 4.78 is 22.4. The van der Waals surface area contributed by atoms with Crippen LogP contribution < -0.4 is 25.1 Å². The lowest BCUT2D eigenvalue weighted by Gasteiger charge is -2.29. The Morgan fingerprint density at radius 2 is 1.82 bits per heavy atom. The monoisotopic (exact) mass is 538 g/mol. The molecule has 0 bridgehead atoms. The van der Waals surface area contributed by atoms with E-state index < -0.39 is 0 Å². The van der Waals surface area contributed by atoms with E-state index >= 15 is 0 Å². The summed E-state index contributed by atoms with van der Waals surface area (Å²) in [5.74, 6) is 2.15. The molecule has 2 aromatic carbocycles. The number of aromatic amines is 1. The summed E-state index contributed by atoms with van der Waals surface area (Å²) in [4.78, 5) is 20.6. The maximum atomic E-state index is 13.1. The summed E-state index contributed by atoms with van der Waals surface area (Å²) in [7, 11) is 0. The SMILES string of the molecule is CCOc1ccc(NC(=S)N(CCCN2CCOCC2)Cc2cc3cc4c(cc3[nH]c2=O)OCCO4)cc1. The van der Waals surface area contributed by atoms with Crippen molar-refractivity contribution in [2.75, 3.05) is 64.5 Å². The molecule has 38 heavy (non-hydrogen) atoms. The highest BCUT2D eigenvalue weighted by Gasteiger charge is 2.18. The Morgan fingerprint density at radius 1 is 1.08 bits per heavy atom. The predicted octanol–water partition coefficient (Wildman–Crippen LogP) is 3.62. The molecule has 5 rings (SSSR count). The molecule has 3 aromatic rings. The molecule has 9 nitrogen and oxygen atoms in total. The first-order valence-electron chi connectivity index (χ1n) is 13.1. The highest BCUT2D eigenvalue weighted by molar-refractivity contribution is 7.80. The smallest absolute Gasteiger partial charge is 0.253 e. The molecule has 2 aliphatic heterocycles. The fourth-order valence-corrected chi connectivity index (χ4v) is 4.95. The number of benzene rings is 2. The zero-order valence-corrected chi connectivity index (χ0v) is 22.5. The second-order valence-electron chi connectivity index (χ2n) is 9.32. The topological polar surface area (TPSA) is 88.3 Å². The van der Waals surface area contributed by atoms with Crippen molar-refractivity contribution in [3.63, 3.8) is 0 Å². The first-order valence-corrected chi connectivity index (χ1v) is 13.5. The number of rotatable bonds is 9. The van der Waals surface area contributed by atoms with Crippen LogP contribution in [-0.2, 0) is 11.3 Å². The molecule has 3 heterocycles. The van der Waals surface area contributed by atoms with Crippen LogP contribution in [0, 0.1) is 0 Å². The van der Waals surface area contributed by atoms with Crippen LogP contribution in [0.5, 0.6) is 17.2 Å². The lowest BCUT2D eigenvalue weighted by atomic mass is 10.1. The molecule has 1 saturated heterocycles. The Bertz CT molecular complexity index is 1310. The lowest BCUT2D eigenvalue weighted by molar-refractivity contribution is 0.0367. The minimum absolute atomic E-state index is 0.142. The fraction of sp³-hybridized carbons (Fsp3) is 0.429. The molecule has 0 amide bonds. The van der Waals surface area contributed by atoms with E-state index in [1.807, 2.05) is 49.4 Å². The Morgan fingerprint density at radius 3 is 2.55 bits per heavy atom. The van der Waals surface area contributed by atoms with Crippen LogP contribution in [0.4, 0.5) is 5.69 Å². The van der Waals surface area contributed by atoms with Crippen LogP contribution in [0.1, 0.15) is 18.9 Å². The number of thiocarbonyl (C=S) groups is 1. The van der Waals surface area contributed by atoms with Crippen molar-refractivity contribution < 1.29 is 18.9 Å². The maximum absolute atomic E-state index is 13.1. The second-order valence-corrected chi connectivity index (χ2v) is 9.71. The van der Waals surface area contributed by atoms with E-state index in [4.69, 9.17) is 31.2 Å². The first-order chi connectivity index (χ1) is 18.6. The molecule has 10 heteroatoms. The van der Waals surface area contributed by atoms with Gasteiger partial charge in [-0.05, 0) is 62.0 Å². The molecule has 2 aliphatic rings. The number of fused-ring (bicyclic) bond motifs is 2. The largest absolute Gasteiger partial charge is 0.494 e. The van der Waals surface area contributed by atoms with Gasteiger partial charge in [-0.3, -0.25) is 9.69 Å². The summed E-state index contributed by atoms with van der Waals surface area (Å²) in [6.45, 7) is 9.04. The van der Waals surface area contributed by atoms with Gasteiger partial charge in [-0.25, -0.2) is 0 Å². The predicted molar refractivity (Wildman–Crippen MR) is 152 cm³/mol. The lowest BCUT2D eigenvalue weighted by Crippen LogP contribution is -2.40. The van der Waals surface area contributed by atoms with Gasteiger partial charge in [0.25, 0.3) is 5.56 Å². The van der Waals surface area contributed by atoms with Crippen LogP contribution >= 0.6 is 12.2 Å². The number of anilines is 1. The summed E-state index contributed by atoms with van der Waals surface area (Å²) in [6.07, 6.45) is 0.912. The van der Waals surface area contributed by atoms with Gasteiger partial charge in [0.1, 0.15) is 19.0 Å². The fourth-order valence-electron chi connectivity index (χ4n) is 4.68. The number of morpholine rings is 1. The van der Waals surface area contributed by atoms with Gasteiger partial charge in [-0.2, -0.15) is 0 Å². The highest BCUT2D eigenvalue weighted by atomic mass is 32.1. The number of nitrogens with one attached hydrogen (secondary N) is 2.